The van der Waals surface area contributed by atoms with Crippen molar-refractivity contribution in [2.24, 2.45) is 4.99 Å². The van der Waals surface area contributed by atoms with E-state index in [1.807, 2.05) is 0 Å². The summed E-state index contributed by atoms with van der Waals surface area (Å²) in [6, 6.07) is 1.64. The molecule has 0 amide bonds. The highest BCUT2D eigenvalue weighted by Crippen LogP contribution is 2.37. The Morgan fingerprint density at radius 2 is 2.14 bits per heavy atom. The van der Waals surface area contributed by atoms with Gasteiger partial charge in [-0.2, -0.15) is 0 Å². The molecule has 0 bridgehead atoms. The number of hydrogen-bond acceptors (Lipinski definition) is 5. The van der Waals surface area contributed by atoms with Crippen molar-refractivity contribution in [2.45, 2.75) is 13.3 Å². The van der Waals surface area contributed by atoms with Crippen LogP contribution in [0.2, 0.25) is 0 Å². The summed E-state index contributed by atoms with van der Waals surface area (Å²) in [7, 11) is 2.90. The minimum Gasteiger partial charge on any atom is -0.493 e. The average molecular weight is 319 g/mol. The van der Waals surface area contributed by atoms with Gasteiger partial charge >= 0.3 is 0 Å². The first-order chi connectivity index (χ1) is 10.5. The number of carbonyl (C=O) groups is 1. The summed E-state index contributed by atoms with van der Waals surface area (Å²) >= 11 is 1.32. The van der Waals surface area contributed by atoms with Crippen molar-refractivity contribution in [3.63, 3.8) is 0 Å². The van der Waals surface area contributed by atoms with Crippen LogP contribution >= 0.6 is 11.3 Å². The Morgan fingerprint density at radius 1 is 1.36 bits per heavy atom. The van der Waals surface area contributed by atoms with Crippen molar-refractivity contribution in [3.8, 4) is 5.06 Å². The summed E-state index contributed by atoms with van der Waals surface area (Å²) < 4.78 is 24.8. The Kier molecular flexibility index (Phi) is 3.70. The van der Waals surface area contributed by atoms with Gasteiger partial charge in [0.15, 0.2) is 22.4 Å². The first-order valence-corrected chi connectivity index (χ1v) is 7.54. The van der Waals surface area contributed by atoms with E-state index in [9.17, 15) is 9.18 Å². The molecule has 22 heavy (non-hydrogen) atoms. The fraction of sp³-hybridized carbons (Fsp3) is 0.250. The molecule has 1 aliphatic heterocycles. The van der Waals surface area contributed by atoms with E-state index >= 15 is 0 Å². The molecule has 0 spiro atoms. The molecule has 0 fully saturated rings. The highest BCUT2D eigenvalue weighted by molar-refractivity contribution is 7.12. The lowest BCUT2D eigenvalue weighted by molar-refractivity contribution is 0.102. The normalized spacial score (nSPS) is 17.3. The van der Waals surface area contributed by atoms with Gasteiger partial charge in [-0.05, 0) is 13.0 Å². The number of ketones is 1. The lowest BCUT2D eigenvalue weighted by Gasteiger charge is -2.18. The topological polar surface area (TPSA) is 47.9 Å². The highest BCUT2D eigenvalue weighted by Gasteiger charge is 2.33. The number of carbonyl (C=O) groups excluding carboxylic acids is 1. The molecule has 3 rings (SSSR count). The zero-order valence-electron chi connectivity index (χ0n) is 12.4. The molecule has 2 aliphatic rings. The number of aliphatic imine (C=N–C) groups is 1. The quantitative estimate of drug-likeness (QED) is 0.793. The van der Waals surface area contributed by atoms with Gasteiger partial charge < -0.3 is 9.47 Å². The molecule has 0 saturated carbocycles. The fourth-order valence-corrected chi connectivity index (χ4v) is 3.25. The van der Waals surface area contributed by atoms with E-state index in [-0.39, 0.29) is 23.5 Å². The van der Waals surface area contributed by atoms with Crippen LogP contribution in [0.1, 0.15) is 23.7 Å². The molecule has 1 aliphatic carbocycles. The van der Waals surface area contributed by atoms with Crippen LogP contribution in [0.5, 0.6) is 5.06 Å². The number of thiophene rings is 1. The number of allylic oxidation sites excluding steroid dienone is 5. The third kappa shape index (κ3) is 2.29. The maximum absolute atomic E-state index is 14.6. The molecule has 6 heteroatoms. The van der Waals surface area contributed by atoms with E-state index in [4.69, 9.17) is 9.47 Å². The van der Waals surface area contributed by atoms with Crippen molar-refractivity contribution < 1.29 is 18.7 Å². The summed E-state index contributed by atoms with van der Waals surface area (Å²) in [6.07, 6.45) is 1.93. The number of methoxy groups -OCH3 is 2. The average Bonchev–Trinajstić information content (AvgIpc) is 3.12. The summed E-state index contributed by atoms with van der Waals surface area (Å²) in [6.45, 7) is 1.79. The molecular weight excluding hydrogens is 305 g/mol. The number of ether oxygens (including phenoxy) is 2. The number of fused-ring (bicyclic) bond motifs is 1. The van der Waals surface area contributed by atoms with E-state index in [1.165, 1.54) is 25.6 Å². The third-order valence-corrected chi connectivity index (χ3v) is 4.44. The van der Waals surface area contributed by atoms with Crippen molar-refractivity contribution >= 4 is 22.8 Å². The second-order valence-corrected chi connectivity index (χ2v) is 5.82. The van der Waals surface area contributed by atoms with Crippen molar-refractivity contribution in [3.05, 3.63) is 51.5 Å². The predicted octanol–water partition coefficient (Wildman–Crippen LogP) is 3.83. The van der Waals surface area contributed by atoms with Crippen LogP contribution < -0.4 is 4.74 Å². The minimum absolute atomic E-state index is 0.00457. The third-order valence-electron chi connectivity index (χ3n) is 3.55. The standard InChI is InChI=1S/C16H14FNO3S/c1-8-4-10-12(18-8)6-11(16(21-3)14(10)17)15(19)9-5-13(20-2)22-7-9/h4-5,7H,6H2,1-3H3. The molecule has 114 valence electrons. The first kappa shape index (κ1) is 14.7. The van der Waals surface area contributed by atoms with Crippen LogP contribution in [-0.4, -0.2) is 25.7 Å². The summed E-state index contributed by atoms with van der Waals surface area (Å²) in [5.41, 5.74) is 2.45. The van der Waals surface area contributed by atoms with Crippen LogP contribution in [-0.2, 0) is 4.74 Å². The first-order valence-electron chi connectivity index (χ1n) is 6.66. The fourth-order valence-electron chi connectivity index (χ4n) is 2.54. The van der Waals surface area contributed by atoms with Gasteiger partial charge in [0.05, 0.1) is 25.5 Å². The highest BCUT2D eigenvalue weighted by atomic mass is 32.1. The summed E-state index contributed by atoms with van der Waals surface area (Å²) in [5.74, 6) is -0.803. The molecule has 0 aromatic carbocycles. The van der Waals surface area contributed by atoms with Gasteiger partial charge in [-0.15, -0.1) is 11.3 Å². The van der Waals surface area contributed by atoms with Gasteiger partial charge in [0.1, 0.15) is 0 Å². The van der Waals surface area contributed by atoms with E-state index < -0.39 is 5.83 Å². The predicted molar refractivity (Wildman–Crippen MR) is 83.2 cm³/mol. The molecule has 0 saturated heterocycles. The van der Waals surface area contributed by atoms with E-state index in [2.05, 4.69) is 4.99 Å². The molecule has 1 aromatic rings. The smallest absolute Gasteiger partial charge is 0.194 e. The van der Waals surface area contributed by atoms with Crippen molar-refractivity contribution in [1.82, 2.24) is 0 Å². The zero-order chi connectivity index (χ0) is 15.9. The Hall–Kier alpha value is -2.21. The van der Waals surface area contributed by atoms with Crippen LogP contribution in [0.3, 0.4) is 0 Å². The van der Waals surface area contributed by atoms with Gasteiger partial charge in [-0.1, -0.05) is 0 Å². The number of nitrogens with zero attached hydrogens (tertiary/aromatic N) is 1. The lowest BCUT2D eigenvalue weighted by Crippen LogP contribution is -2.18. The Labute approximate surface area is 131 Å². The molecule has 2 heterocycles. The molecular formula is C16H14FNO3S. The van der Waals surface area contributed by atoms with Gasteiger partial charge in [0, 0.05) is 34.7 Å². The Morgan fingerprint density at radius 3 is 2.77 bits per heavy atom. The minimum atomic E-state index is -0.533. The van der Waals surface area contributed by atoms with Gasteiger partial charge in [0.25, 0.3) is 0 Å². The molecule has 0 N–H and O–H groups in total. The molecule has 0 radical (unpaired) electrons. The molecule has 0 unspecified atom stereocenters. The monoisotopic (exact) mass is 319 g/mol. The van der Waals surface area contributed by atoms with Gasteiger partial charge in [-0.25, -0.2) is 4.39 Å². The second kappa shape index (κ2) is 5.53. The van der Waals surface area contributed by atoms with E-state index in [1.54, 1.807) is 24.4 Å². The number of rotatable bonds is 4. The van der Waals surface area contributed by atoms with Crippen LogP contribution in [0.4, 0.5) is 4.39 Å². The summed E-state index contributed by atoms with van der Waals surface area (Å²) in [5, 5.41) is 2.32. The van der Waals surface area contributed by atoms with Gasteiger partial charge in [0.2, 0.25) is 0 Å². The Balaban J connectivity index is 2.04. The summed E-state index contributed by atoms with van der Waals surface area (Å²) in [4.78, 5) is 17.0. The van der Waals surface area contributed by atoms with Crippen molar-refractivity contribution in [2.75, 3.05) is 14.2 Å². The molecule has 1 aromatic heterocycles. The van der Waals surface area contributed by atoms with E-state index in [0.717, 1.165) is 5.70 Å². The van der Waals surface area contributed by atoms with E-state index in [0.29, 0.717) is 21.9 Å². The lowest BCUT2D eigenvalue weighted by atomic mass is 9.90. The number of Topliss-reactive ketones (excluding diaryl/α,β-unsaturated/α-hetero) is 1. The maximum Gasteiger partial charge on any atom is 0.194 e. The van der Waals surface area contributed by atoms with Crippen LogP contribution in [0.15, 0.2) is 50.9 Å². The zero-order valence-corrected chi connectivity index (χ0v) is 13.2. The molecule has 0 atom stereocenters. The number of hydrogen-bond donors (Lipinski definition) is 0. The van der Waals surface area contributed by atoms with Gasteiger partial charge in [-0.3, -0.25) is 9.79 Å². The van der Waals surface area contributed by atoms with Crippen LogP contribution in [0, 0.1) is 0 Å². The largest absolute Gasteiger partial charge is 0.493 e. The number of halogens is 1. The molecule has 4 nitrogen and oxygen atoms in total. The SMILES string of the molecule is COC1=C(C(=O)c2csc(OC)c2)CC2=NC(C)=CC2=C1F. The van der Waals surface area contributed by atoms with Crippen LogP contribution in [0.25, 0.3) is 0 Å². The van der Waals surface area contributed by atoms with Crippen molar-refractivity contribution in [1.29, 1.82) is 0 Å². The second-order valence-electron chi connectivity index (χ2n) is 4.95. The Bertz CT molecular complexity index is 783. The maximum atomic E-state index is 14.6.